The number of benzene rings is 1. The van der Waals surface area contributed by atoms with Crippen LogP contribution in [-0.2, 0) is 11.3 Å². The van der Waals surface area contributed by atoms with Crippen LogP contribution in [0.4, 0.5) is 4.39 Å². The summed E-state index contributed by atoms with van der Waals surface area (Å²) in [6.45, 7) is 4.31. The largest absolute Gasteiger partial charge is 0.352 e. The lowest BCUT2D eigenvalue weighted by molar-refractivity contribution is -0.121. The minimum absolute atomic E-state index is 0.0777. The zero-order valence-corrected chi connectivity index (χ0v) is 11.3. The normalized spacial score (nSPS) is 18.5. The molecule has 1 aromatic rings. The van der Waals surface area contributed by atoms with Crippen molar-refractivity contribution in [3.63, 3.8) is 0 Å². The highest BCUT2D eigenvalue weighted by Crippen LogP contribution is 2.14. The van der Waals surface area contributed by atoms with Gasteiger partial charge in [0.15, 0.2) is 0 Å². The Labute approximate surface area is 113 Å². The van der Waals surface area contributed by atoms with Gasteiger partial charge in [0.25, 0.3) is 0 Å². The molecule has 0 aliphatic carbocycles. The third-order valence-electron chi connectivity index (χ3n) is 3.65. The fraction of sp³-hybridized carbons (Fsp3) is 0.533. The van der Waals surface area contributed by atoms with Gasteiger partial charge >= 0.3 is 0 Å². The van der Waals surface area contributed by atoms with E-state index in [0.29, 0.717) is 24.4 Å². The van der Waals surface area contributed by atoms with Crippen LogP contribution < -0.4 is 10.6 Å². The molecule has 3 nitrogen and oxygen atoms in total. The van der Waals surface area contributed by atoms with Crippen LogP contribution in [0.1, 0.15) is 30.4 Å². The lowest BCUT2D eigenvalue weighted by atomic mass is 10.0. The molecule has 0 spiro atoms. The van der Waals surface area contributed by atoms with Gasteiger partial charge in [0, 0.05) is 13.0 Å². The Hall–Kier alpha value is -1.42. The number of nitrogens with one attached hydrogen (secondary N) is 2. The maximum absolute atomic E-state index is 13.1. The summed E-state index contributed by atoms with van der Waals surface area (Å²) in [6.07, 6.45) is 2.69. The SMILES string of the molecule is Cc1cc(CNC(=O)CCC2CCNC2)ccc1F. The summed E-state index contributed by atoms with van der Waals surface area (Å²) >= 11 is 0. The predicted molar refractivity (Wildman–Crippen MR) is 73.2 cm³/mol. The number of hydrogen-bond donors (Lipinski definition) is 2. The number of carbonyl (C=O) groups is 1. The van der Waals surface area contributed by atoms with Gasteiger partial charge in [-0.2, -0.15) is 0 Å². The first-order valence-corrected chi connectivity index (χ1v) is 6.87. The van der Waals surface area contributed by atoms with E-state index < -0.39 is 0 Å². The summed E-state index contributed by atoms with van der Waals surface area (Å²) < 4.78 is 13.1. The molecule has 0 radical (unpaired) electrons. The maximum Gasteiger partial charge on any atom is 0.220 e. The Morgan fingerprint density at radius 1 is 1.53 bits per heavy atom. The summed E-state index contributed by atoms with van der Waals surface area (Å²) in [7, 11) is 0. The first kappa shape index (κ1) is 14.0. The van der Waals surface area contributed by atoms with Crippen LogP contribution >= 0.6 is 0 Å². The van der Waals surface area contributed by atoms with E-state index in [1.54, 1.807) is 19.1 Å². The smallest absolute Gasteiger partial charge is 0.220 e. The van der Waals surface area contributed by atoms with Gasteiger partial charge in [-0.05, 0) is 56.0 Å². The summed E-state index contributed by atoms with van der Waals surface area (Å²) in [5.41, 5.74) is 1.55. The van der Waals surface area contributed by atoms with Gasteiger partial charge in [0.05, 0.1) is 0 Å². The quantitative estimate of drug-likeness (QED) is 0.855. The summed E-state index contributed by atoms with van der Waals surface area (Å²) in [5, 5.41) is 6.19. The van der Waals surface area contributed by atoms with Crippen molar-refractivity contribution in [2.24, 2.45) is 5.92 Å². The van der Waals surface area contributed by atoms with Crippen LogP contribution in [-0.4, -0.2) is 19.0 Å². The molecule has 2 rings (SSSR count). The summed E-state index contributed by atoms with van der Waals surface area (Å²) in [6, 6.07) is 4.93. The fourth-order valence-electron chi connectivity index (χ4n) is 2.40. The molecule has 1 unspecified atom stereocenters. The number of aryl methyl sites for hydroxylation is 1. The van der Waals surface area contributed by atoms with Gasteiger partial charge in [-0.25, -0.2) is 4.39 Å². The molecule has 0 saturated carbocycles. The Morgan fingerprint density at radius 3 is 3.05 bits per heavy atom. The minimum atomic E-state index is -0.205. The maximum atomic E-state index is 13.1. The van der Waals surface area contributed by atoms with Crippen molar-refractivity contribution in [1.29, 1.82) is 0 Å². The van der Waals surface area contributed by atoms with Crippen LogP contribution in [0.25, 0.3) is 0 Å². The standard InChI is InChI=1S/C15H21FN2O/c1-11-8-13(2-4-14(11)16)10-18-15(19)5-3-12-6-7-17-9-12/h2,4,8,12,17H,3,5-7,9-10H2,1H3,(H,18,19). The number of halogens is 1. The van der Waals surface area contributed by atoms with Crippen LogP contribution in [0.3, 0.4) is 0 Å². The van der Waals surface area contributed by atoms with Gasteiger partial charge < -0.3 is 10.6 Å². The van der Waals surface area contributed by atoms with Gasteiger partial charge in [-0.15, -0.1) is 0 Å². The second-order valence-corrected chi connectivity index (χ2v) is 5.26. The van der Waals surface area contributed by atoms with Crippen molar-refractivity contribution >= 4 is 5.91 Å². The highest BCUT2D eigenvalue weighted by molar-refractivity contribution is 5.75. The zero-order chi connectivity index (χ0) is 13.7. The van der Waals surface area contributed by atoms with Crippen molar-refractivity contribution in [2.75, 3.05) is 13.1 Å². The zero-order valence-electron chi connectivity index (χ0n) is 11.3. The molecule has 1 aliphatic heterocycles. The van der Waals surface area contributed by atoms with E-state index >= 15 is 0 Å². The van der Waals surface area contributed by atoms with Crippen molar-refractivity contribution in [3.8, 4) is 0 Å². The average Bonchev–Trinajstić information content (AvgIpc) is 2.91. The van der Waals surface area contributed by atoms with E-state index in [1.165, 1.54) is 12.5 Å². The van der Waals surface area contributed by atoms with Gasteiger partial charge in [0.2, 0.25) is 5.91 Å². The Morgan fingerprint density at radius 2 is 2.37 bits per heavy atom. The van der Waals surface area contributed by atoms with E-state index in [9.17, 15) is 9.18 Å². The molecular formula is C15H21FN2O. The Bertz CT molecular complexity index is 442. The Kier molecular flexibility index (Phi) is 4.91. The number of amides is 1. The second kappa shape index (κ2) is 6.66. The number of rotatable bonds is 5. The van der Waals surface area contributed by atoms with E-state index in [-0.39, 0.29) is 11.7 Å². The van der Waals surface area contributed by atoms with Crippen LogP contribution in [0.5, 0.6) is 0 Å². The van der Waals surface area contributed by atoms with Crippen molar-refractivity contribution in [2.45, 2.75) is 32.7 Å². The first-order chi connectivity index (χ1) is 9.15. The molecule has 0 bridgehead atoms. The molecule has 0 aromatic heterocycles. The highest BCUT2D eigenvalue weighted by Gasteiger charge is 2.15. The highest BCUT2D eigenvalue weighted by atomic mass is 19.1. The summed E-state index contributed by atoms with van der Waals surface area (Å²) in [4.78, 5) is 11.7. The molecule has 1 atom stereocenters. The van der Waals surface area contributed by atoms with Gasteiger partial charge in [-0.1, -0.05) is 12.1 Å². The molecule has 1 aromatic carbocycles. The third kappa shape index (κ3) is 4.31. The molecular weight excluding hydrogens is 243 g/mol. The molecule has 19 heavy (non-hydrogen) atoms. The third-order valence-corrected chi connectivity index (χ3v) is 3.65. The minimum Gasteiger partial charge on any atom is -0.352 e. The molecule has 1 saturated heterocycles. The van der Waals surface area contributed by atoms with Gasteiger partial charge in [-0.3, -0.25) is 4.79 Å². The first-order valence-electron chi connectivity index (χ1n) is 6.87. The average molecular weight is 264 g/mol. The topological polar surface area (TPSA) is 41.1 Å². The number of carbonyl (C=O) groups excluding carboxylic acids is 1. The fourth-order valence-corrected chi connectivity index (χ4v) is 2.40. The summed E-state index contributed by atoms with van der Waals surface area (Å²) in [5.74, 6) is 0.511. The van der Waals surface area contributed by atoms with Crippen LogP contribution in [0, 0.1) is 18.7 Å². The van der Waals surface area contributed by atoms with Crippen molar-refractivity contribution in [1.82, 2.24) is 10.6 Å². The molecule has 1 fully saturated rings. The molecule has 1 heterocycles. The molecule has 4 heteroatoms. The van der Waals surface area contributed by atoms with Crippen LogP contribution in [0.2, 0.25) is 0 Å². The van der Waals surface area contributed by atoms with E-state index in [0.717, 1.165) is 25.1 Å². The van der Waals surface area contributed by atoms with E-state index in [4.69, 9.17) is 0 Å². The Balaban J connectivity index is 1.71. The van der Waals surface area contributed by atoms with Crippen molar-refractivity contribution in [3.05, 3.63) is 35.1 Å². The molecule has 104 valence electrons. The second-order valence-electron chi connectivity index (χ2n) is 5.26. The lowest BCUT2D eigenvalue weighted by Crippen LogP contribution is -2.23. The van der Waals surface area contributed by atoms with Crippen LogP contribution in [0.15, 0.2) is 18.2 Å². The monoisotopic (exact) mass is 264 g/mol. The predicted octanol–water partition coefficient (Wildman–Crippen LogP) is 2.14. The van der Waals surface area contributed by atoms with Gasteiger partial charge in [0.1, 0.15) is 5.82 Å². The van der Waals surface area contributed by atoms with Crippen molar-refractivity contribution < 1.29 is 9.18 Å². The lowest BCUT2D eigenvalue weighted by Gasteiger charge is -2.09. The number of hydrogen-bond acceptors (Lipinski definition) is 2. The van der Waals surface area contributed by atoms with E-state index in [1.807, 2.05) is 0 Å². The molecule has 1 amide bonds. The van der Waals surface area contributed by atoms with E-state index in [2.05, 4.69) is 10.6 Å². The molecule has 1 aliphatic rings. The molecule has 2 N–H and O–H groups in total.